The molecule has 110 valence electrons. The molecule has 3 heteroatoms. The van der Waals surface area contributed by atoms with E-state index in [1.54, 1.807) is 6.08 Å². The summed E-state index contributed by atoms with van der Waals surface area (Å²) in [6, 6.07) is 19.0. The lowest BCUT2D eigenvalue weighted by molar-refractivity contribution is -0.170. The van der Waals surface area contributed by atoms with Gasteiger partial charge in [0, 0.05) is 12.5 Å². The Kier molecular flexibility index (Phi) is 3.65. The van der Waals surface area contributed by atoms with E-state index in [0.717, 1.165) is 11.1 Å². The number of benzene rings is 2. The molecular weight excluding hydrogens is 276 g/mol. The minimum absolute atomic E-state index is 0.375. The zero-order chi connectivity index (χ0) is 15.6. The molecule has 2 aromatic rings. The molecule has 1 unspecified atom stereocenters. The molecule has 0 fully saturated rings. The van der Waals surface area contributed by atoms with Crippen LogP contribution in [0.1, 0.15) is 18.1 Å². The van der Waals surface area contributed by atoms with Crippen LogP contribution in [0.3, 0.4) is 0 Å². The third kappa shape index (κ3) is 2.71. The number of rotatable bonds is 3. The second kappa shape index (κ2) is 5.62. The minimum atomic E-state index is -1.62. The quantitative estimate of drug-likeness (QED) is 0.882. The first-order valence-corrected chi connectivity index (χ1v) is 7.07. The first-order chi connectivity index (χ1) is 10.6. The molecule has 0 aromatic heterocycles. The van der Waals surface area contributed by atoms with E-state index in [4.69, 9.17) is 4.74 Å². The number of aliphatic hydroxyl groups is 1. The fraction of sp³-hybridized carbons (Fsp3) is 0.105. The van der Waals surface area contributed by atoms with Crippen LogP contribution in [0.4, 0.5) is 0 Å². The lowest BCUT2D eigenvalue weighted by Gasteiger charge is -2.19. The summed E-state index contributed by atoms with van der Waals surface area (Å²) in [6.07, 6.45) is 3.53. The maximum absolute atomic E-state index is 12.1. The summed E-state index contributed by atoms with van der Waals surface area (Å²) in [7, 11) is 0. The highest BCUT2D eigenvalue weighted by Gasteiger charge is 2.42. The minimum Gasteiger partial charge on any atom is -0.425 e. The molecule has 0 saturated carbocycles. The molecule has 1 atom stereocenters. The van der Waals surface area contributed by atoms with Crippen molar-refractivity contribution >= 4 is 17.6 Å². The van der Waals surface area contributed by atoms with Gasteiger partial charge < -0.3 is 9.84 Å². The maximum atomic E-state index is 12.1. The molecule has 1 aliphatic rings. The van der Waals surface area contributed by atoms with Crippen LogP contribution in [0.2, 0.25) is 0 Å². The summed E-state index contributed by atoms with van der Waals surface area (Å²) in [6.45, 7) is 1.48. The predicted octanol–water partition coefficient (Wildman–Crippen LogP) is 3.42. The zero-order valence-electron chi connectivity index (χ0n) is 12.2. The Morgan fingerprint density at radius 1 is 0.955 bits per heavy atom. The van der Waals surface area contributed by atoms with Crippen LogP contribution in [0.15, 0.2) is 72.3 Å². The molecule has 0 aliphatic carbocycles. The van der Waals surface area contributed by atoms with E-state index >= 15 is 0 Å². The van der Waals surface area contributed by atoms with Crippen LogP contribution in [0.5, 0.6) is 0 Å². The van der Waals surface area contributed by atoms with Crippen LogP contribution in [0, 0.1) is 0 Å². The summed E-state index contributed by atoms with van der Waals surface area (Å²) in [5.74, 6) is -2.13. The van der Waals surface area contributed by atoms with Crippen molar-refractivity contribution in [2.24, 2.45) is 0 Å². The molecule has 1 aliphatic heterocycles. The zero-order valence-corrected chi connectivity index (χ0v) is 12.2. The van der Waals surface area contributed by atoms with Crippen molar-refractivity contribution in [1.29, 1.82) is 0 Å². The Bertz CT molecular complexity index is 741. The molecule has 22 heavy (non-hydrogen) atoms. The van der Waals surface area contributed by atoms with Crippen molar-refractivity contribution in [3.8, 4) is 0 Å². The Hall–Kier alpha value is -2.65. The van der Waals surface area contributed by atoms with Crippen molar-refractivity contribution in [1.82, 2.24) is 0 Å². The van der Waals surface area contributed by atoms with Crippen LogP contribution < -0.4 is 0 Å². The van der Waals surface area contributed by atoms with Gasteiger partial charge in [0.05, 0.1) is 5.57 Å². The smallest absolute Gasteiger partial charge is 0.341 e. The molecular formula is C19H16O3. The Morgan fingerprint density at radius 2 is 1.55 bits per heavy atom. The molecule has 1 heterocycles. The summed E-state index contributed by atoms with van der Waals surface area (Å²) in [4.78, 5) is 12.1. The number of carbonyl (C=O) groups is 1. The number of carbonyl (C=O) groups excluding carboxylic acids is 1. The summed E-state index contributed by atoms with van der Waals surface area (Å²) in [5, 5.41) is 10.4. The number of hydrogen-bond donors (Lipinski definition) is 1. The standard InChI is InChI=1S/C19H16O3/c1-19(21)17(15-10-6-3-7-11-15)16(18(20)22-19)13-12-14-8-4-2-5-9-14/h2-13,21H,1H3. The molecule has 0 bridgehead atoms. The Morgan fingerprint density at radius 3 is 2.18 bits per heavy atom. The van der Waals surface area contributed by atoms with E-state index in [-0.39, 0.29) is 0 Å². The van der Waals surface area contributed by atoms with Crippen molar-refractivity contribution < 1.29 is 14.6 Å². The fourth-order valence-corrected chi connectivity index (χ4v) is 2.56. The highest BCUT2D eigenvalue weighted by Crippen LogP contribution is 2.38. The topological polar surface area (TPSA) is 46.5 Å². The molecule has 2 aromatic carbocycles. The molecule has 1 N–H and O–H groups in total. The average molecular weight is 292 g/mol. The third-order valence-corrected chi connectivity index (χ3v) is 3.55. The molecule has 0 amide bonds. The molecule has 0 radical (unpaired) electrons. The molecule has 0 spiro atoms. The average Bonchev–Trinajstić information content (AvgIpc) is 2.75. The Labute approximate surface area is 129 Å². The van der Waals surface area contributed by atoms with Gasteiger partial charge >= 0.3 is 5.97 Å². The largest absolute Gasteiger partial charge is 0.425 e. The van der Waals surface area contributed by atoms with E-state index in [0.29, 0.717) is 11.1 Å². The van der Waals surface area contributed by atoms with Gasteiger partial charge in [0.25, 0.3) is 0 Å². The van der Waals surface area contributed by atoms with E-state index in [9.17, 15) is 9.90 Å². The molecule has 3 rings (SSSR count). The second-order valence-corrected chi connectivity index (χ2v) is 5.27. The number of cyclic esters (lactones) is 1. The first kappa shape index (κ1) is 14.3. The Balaban J connectivity index is 2.08. The third-order valence-electron chi connectivity index (χ3n) is 3.55. The summed E-state index contributed by atoms with van der Waals surface area (Å²) >= 11 is 0. The second-order valence-electron chi connectivity index (χ2n) is 5.27. The van der Waals surface area contributed by atoms with Gasteiger partial charge in [0.1, 0.15) is 0 Å². The van der Waals surface area contributed by atoms with Crippen molar-refractivity contribution in [2.45, 2.75) is 12.7 Å². The van der Waals surface area contributed by atoms with E-state index in [1.165, 1.54) is 6.92 Å². The summed E-state index contributed by atoms with van der Waals surface area (Å²) < 4.78 is 5.11. The highest BCUT2D eigenvalue weighted by atomic mass is 16.7. The van der Waals surface area contributed by atoms with Gasteiger partial charge in [-0.3, -0.25) is 0 Å². The predicted molar refractivity (Wildman–Crippen MR) is 85.6 cm³/mol. The number of esters is 1. The highest BCUT2D eigenvalue weighted by molar-refractivity contribution is 6.06. The first-order valence-electron chi connectivity index (χ1n) is 7.07. The van der Waals surface area contributed by atoms with Crippen LogP contribution in [0.25, 0.3) is 11.6 Å². The van der Waals surface area contributed by atoms with Gasteiger partial charge in [-0.2, -0.15) is 0 Å². The van der Waals surface area contributed by atoms with Crippen LogP contribution in [-0.2, 0) is 9.53 Å². The fourth-order valence-electron chi connectivity index (χ4n) is 2.56. The normalized spacial score (nSPS) is 21.5. The van der Waals surface area contributed by atoms with E-state index in [2.05, 4.69) is 0 Å². The molecule has 3 nitrogen and oxygen atoms in total. The van der Waals surface area contributed by atoms with Crippen molar-refractivity contribution in [3.05, 3.63) is 83.4 Å². The van der Waals surface area contributed by atoms with E-state index in [1.807, 2.05) is 66.7 Å². The van der Waals surface area contributed by atoms with Gasteiger partial charge in [-0.25, -0.2) is 4.79 Å². The SMILES string of the molecule is CC1(O)OC(=O)C(C=Cc2ccccc2)=C1c1ccccc1. The molecule has 0 saturated heterocycles. The van der Waals surface area contributed by atoms with Gasteiger partial charge in [-0.15, -0.1) is 0 Å². The van der Waals surface area contributed by atoms with Crippen molar-refractivity contribution in [2.75, 3.05) is 0 Å². The lowest BCUT2D eigenvalue weighted by Crippen LogP contribution is -2.26. The monoisotopic (exact) mass is 292 g/mol. The van der Waals surface area contributed by atoms with E-state index < -0.39 is 11.8 Å². The number of ether oxygens (including phenoxy) is 1. The van der Waals surface area contributed by atoms with Gasteiger partial charge in [-0.1, -0.05) is 66.7 Å². The summed E-state index contributed by atoms with van der Waals surface area (Å²) in [5.41, 5.74) is 2.61. The van der Waals surface area contributed by atoms with Crippen molar-refractivity contribution in [3.63, 3.8) is 0 Å². The lowest BCUT2D eigenvalue weighted by atomic mass is 9.95. The van der Waals surface area contributed by atoms with Crippen LogP contribution in [-0.4, -0.2) is 16.9 Å². The number of hydrogen-bond acceptors (Lipinski definition) is 3. The maximum Gasteiger partial charge on any atom is 0.341 e. The van der Waals surface area contributed by atoms with Gasteiger partial charge in [0.15, 0.2) is 0 Å². The van der Waals surface area contributed by atoms with Gasteiger partial charge in [-0.05, 0) is 17.2 Å². The van der Waals surface area contributed by atoms with Gasteiger partial charge in [0.2, 0.25) is 5.79 Å². The van der Waals surface area contributed by atoms with Crippen LogP contribution >= 0.6 is 0 Å².